The van der Waals surface area contributed by atoms with E-state index in [1.54, 1.807) is 11.9 Å². The number of carbonyl (C=O) groups is 2. The molecule has 0 spiro atoms. The molecule has 1 rings (SSSR count). The first-order valence-corrected chi connectivity index (χ1v) is 8.13. The van der Waals surface area contributed by atoms with Crippen molar-refractivity contribution in [2.75, 3.05) is 26.7 Å². The maximum atomic E-state index is 12.3. The predicted octanol–water partition coefficient (Wildman–Crippen LogP) is 1.80. The number of likely N-dealkylation sites (N-methyl/N-ethyl adjacent to an activating group) is 2. The van der Waals surface area contributed by atoms with Crippen LogP contribution in [-0.2, 0) is 16.1 Å². The number of rotatable bonds is 8. The van der Waals surface area contributed by atoms with E-state index in [1.165, 1.54) is 5.56 Å². The molecule has 0 saturated carbocycles. The highest BCUT2D eigenvalue weighted by Crippen LogP contribution is 2.06. The molecular formula is C18H29N3O2. The van der Waals surface area contributed by atoms with Gasteiger partial charge in [-0.1, -0.05) is 36.8 Å². The van der Waals surface area contributed by atoms with Crippen LogP contribution in [0.5, 0.6) is 0 Å². The Morgan fingerprint density at radius 3 is 2.26 bits per heavy atom. The molecule has 5 heteroatoms. The van der Waals surface area contributed by atoms with Crippen LogP contribution in [0, 0.1) is 6.92 Å². The second-order valence-electron chi connectivity index (χ2n) is 6.26. The van der Waals surface area contributed by atoms with E-state index in [9.17, 15) is 9.59 Å². The Labute approximate surface area is 139 Å². The van der Waals surface area contributed by atoms with Gasteiger partial charge in [0.15, 0.2) is 0 Å². The van der Waals surface area contributed by atoms with E-state index in [0.717, 1.165) is 5.56 Å². The van der Waals surface area contributed by atoms with Gasteiger partial charge in [-0.3, -0.25) is 14.5 Å². The quantitative estimate of drug-likeness (QED) is 0.795. The Balaban J connectivity index is 2.51. The monoisotopic (exact) mass is 319 g/mol. The molecule has 0 radical (unpaired) electrons. The summed E-state index contributed by atoms with van der Waals surface area (Å²) in [5.41, 5.74) is 2.31. The van der Waals surface area contributed by atoms with Crippen LogP contribution in [0.1, 0.15) is 31.9 Å². The number of nitrogens with zero attached hydrogens (tertiary/aromatic N) is 2. The first-order chi connectivity index (χ1) is 10.8. The van der Waals surface area contributed by atoms with E-state index < -0.39 is 0 Å². The van der Waals surface area contributed by atoms with Crippen LogP contribution in [0.15, 0.2) is 24.3 Å². The van der Waals surface area contributed by atoms with Gasteiger partial charge in [0.05, 0.1) is 13.1 Å². The predicted molar refractivity (Wildman–Crippen MR) is 93.0 cm³/mol. The Kier molecular flexibility index (Phi) is 7.75. The summed E-state index contributed by atoms with van der Waals surface area (Å²) in [6.07, 6.45) is 0. The topological polar surface area (TPSA) is 52.7 Å². The smallest absolute Gasteiger partial charge is 0.236 e. The second-order valence-corrected chi connectivity index (χ2v) is 6.26. The highest BCUT2D eigenvalue weighted by atomic mass is 16.2. The molecule has 128 valence electrons. The summed E-state index contributed by atoms with van der Waals surface area (Å²) >= 11 is 0. The first kappa shape index (κ1) is 19.2. The molecule has 0 bridgehead atoms. The summed E-state index contributed by atoms with van der Waals surface area (Å²) in [5, 5.41) is 2.85. The van der Waals surface area contributed by atoms with E-state index in [0.29, 0.717) is 13.1 Å². The van der Waals surface area contributed by atoms with Gasteiger partial charge in [0.1, 0.15) is 0 Å². The van der Waals surface area contributed by atoms with E-state index in [2.05, 4.69) is 5.32 Å². The molecule has 0 aliphatic heterocycles. The fourth-order valence-electron chi connectivity index (χ4n) is 2.22. The Morgan fingerprint density at radius 2 is 1.74 bits per heavy atom. The molecule has 0 aromatic heterocycles. The van der Waals surface area contributed by atoms with Gasteiger partial charge in [-0.25, -0.2) is 0 Å². The van der Waals surface area contributed by atoms with Crippen molar-refractivity contribution in [2.24, 2.45) is 0 Å². The van der Waals surface area contributed by atoms with Gasteiger partial charge in [0, 0.05) is 19.6 Å². The summed E-state index contributed by atoms with van der Waals surface area (Å²) in [6.45, 7) is 9.59. The summed E-state index contributed by atoms with van der Waals surface area (Å²) < 4.78 is 0. The SMILES string of the molecule is CCN(CC(=O)NC(C)C)CC(=O)N(C)Cc1ccc(C)cc1. The number of amides is 2. The van der Waals surface area contributed by atoms with Crippen molar-refractivity contribution in [1.82, 2.24) is 15.1 Å². The number of benzene rings is 1. The largest absolute Gasteiger partial charge is 0.353 e. The fraction of sp³-hybridized carbons (Fsp3) is 0.556. The molecule has 2 amide bonds. The fourth-order valence-corrected chi connectivity index (χ4v) is 2.22. The molecule has 23 heavy (non-hydrogen) atoms. The average molecular weight is 319 g/mol. The summed E-state index contributed by atoms with van der Waals surface area (Å²) in [6, 6.07) is 8.27. The van der Waals surface area contributed by atoms with E-state index in [-0.39, 0.29) is 30.9 Å². The number of hydrogen-bond donors (Lipinski definition) is 1. The van der Waals surface area contributed by atoms with Gasteiger partial charge in [-0.2, -0.15) is 0 Å². The number of hydrogen-bond acceptors (Lipinski definition) is 3. The lowest BCUT2D eigenvalue weighted by Crippen LogP contribution is -2.44. The summed E-state index contributed by atoms with van der Waals surface area (Å²) in [4.78, 5) is 27.7. The molecule has 0 heterocycles. The Bertz CT molecular complexity index is 512. The molecule has 0 aliphatic carbocycles. The number of nitrogens with one attached hydrogen (secondary N) is 1. The minimum Gasteiger partial charge on any atom is -0.353 e. The van der Waals surface area contributed by atoms with Crippen LogP contribution >= 0.6 is 0 Å². The Morgan fingerprint density at radius 1 is 1.13 bits per heavy atom. The van der Waals surface area contributed by atoms with Gasteiger partial charge < -0.3 is 10.2 Å². The van der Waals surface area contributed by atoms with Gasteiger partial charge in [-0.15, -0.1) is 0 Å². The van der Waals surface area contributed by atoms with Crippen LogP contribution in [0.25, 0.3) is 0 Å². The van der Waals surface area contributed by atoms with Crippen molar-refractivity contribution in [3.63, 3.8) is 0 Å². The lowest BCUT2D eigenvalue weighted by atomic mass is 10.1. The molecule has 1 aromatic carbocycles. The lowest BCUT2D eigenvalue weighted by molar-refractivity contribution is -0.132. The lowest BCUT2D eigenvalue weighted by Gasteiger charge is -2.24. The summed E-state index contributed by atoms with van der Waals surface area (Å²) in [7, 11) is 1.80. The molecule has 0 fully saturated rings. The molecule has 1 N–H and O–H groups in total. The van der Waals surface area contributed by atoms with Crippen molar-refractivity contribution in [2.45, 2.75) is 40.3 Å². The molecular weight excluding hydrogens is 290 g/mol. The third-order valence-corrected chi connectivity index (χ3v) is 3.59. The maximum absolute atomic E-state index is 12.3. The third kappa shape index (κ3) is 7.28. The molecule has 0 saturated heterocycles. The Hall–Kier alpha value is -1.88. The van der Waals surface area contributed by atoms with Crippen molar-refractivity contribution in [1.29, 1.82) is 0 Å². The van der Waals surface area contributed by atoms with Crippen molar-refractivity contribution >= 4 is 11.8 Å². The first-order valence-electron chi connectivity index (χ1n) is 8.13. The van der Waals surface area contributed by atoms with E-state index >= 15 is 0 Å². The van der Waals surface area contributed by atoms with Crippen molar-refractivity contribution in [3.05, 3.63) is 35.4 Å². The van der Waals surface area contributed by atoms with Crippen molar-refractivity contribution in [3.8, 4) is 0 Å². The zero-order chi connectivity index (χ0) is 17.4. The molecule has 0 atom stereocenters. The third-order valence-electron chi connectivity index (χ3n) is 3.59. The standard InChI is InChI=1S/C18H29N3O2/c1-6-21(12-17(22)19-14(2)3)13-18(23)20(5)11-16-9-7-15(4)8-10-16/h7-10,14H,6,11-13H2,1-5H3,(H,19,22). The maximum Gasteiger partial charge on any atom is 0.236 e. The molecule has 1 aromatic rings. The zero-order valence-corrected chi connectivity index (χ0v) is 14.9. The number of aryl methyl sites for hydroxylation is 1. The minimum atomic E-state index is -0.0455. The van der Waals surface area contributed by atoms with Gasteiger partial charge in [0.25, 0.3) is 0 Å². The van der Waals surface area contributed by atoms with Crippen LogP contribution in [0.4, 0.5) is 0 Å². The highest BCUT2D eigenvalue weighted by molar-refractivity contribution is 5.81. The van der Waals surface area contributed by atoms with Crippen LogP contribution in [0.3, 0.4) is 0 Å². The minimum absolute atomic E-state index is 0.0183. The molecule has 5 nitrogen and oxygen atoms in total. The number of carbonyl (C=O) groups excluding carboxylic acids is 2. The average Bonchev–Trinajstić information content (AvgIpc) is 2.47. The normalized spacial score (nSPS) is 10.9. The van der Waals surface area contributed by atoms with Gasteiger partial charge in [-0.05, 0) is 32.9 Å². The van der Waals surface area contributed by atoms with E-state index in [4.69, 9.17) is 0 Å². The highest BCUT2D eigenvalue weighted by Gasteiger charge is 2.16. The zero-order valence-electron chi connectivity index (χ0n) is 14.9. The molecule has 0 aliphatic rings. The molecule has 0 unspecified atom stereocenters. The van der Waals surface area contributed by atoms with Crippen molar-refractivity contribution < 1.29 is 9.59 Å². The van der Waals surface area contributed by atoms with Crippen LogP contribution in [0.2, 0.25) is 0 Å². The van der Waals surface area contributed by atoms with Gasteiger partial charge in [0.2, 0.25) is 11.8 Å². The second kappa shape index (κ2) is 9.30. The van der Waals surface area contributed by atoms with E-state index in [1.807, 2.05) is 56.9 Å². The van der Waals surface area contributed by atoms with Crippen LogP contribution in [-0.4, -0.2) is 54.3 Å². The summed E-state index contributed by atoms with van der Waals surface area (Å²) in [5.74, 6) is -0.0272. The van der Waals surface area contributed by atoms with Crippen LogP contribution < -0.4 is 5.32 Å². The van der Waals surface area contributed by atoms with Gasteiger partial charge >= 0.3 is 0 Å².